The molecule has 0 radical (unpaired) electrons. The van der Waals surface area contributed by atoms with Crippen LogP contribution in [0.5, 0.6) is 0 Å². The van der Waals surface area contributed by atoms with Crippen LogP contribution in [0.25, 0.3) is 26.3 Å². The predicted molar refractivity (Wildman–Crippen MR) is 106 cm³/mol. The fourth-order valence-electron chi connectivity index (χ4n) is 3.17. The molecule has 26 heavy (non-hydrogen) atoms. The summed E-state index contributed by atoms with van der Waals surface area (Å²) in [5.74, 6) is 0.370. The summed E-state index contributed by atoms with van der Waals surface area (Å²) in [6.07, 6.45) is 0.979. The maximum absolute atomic E-state index is 13.0. The molecule has 0 bridgehead atoms. The highest BCUT2D eigenvalue weighted by Crippen LogP contribution is 2.24. The van der Waals surface area contributed by atoms with Crippen LogP contribution in [0.4, 0.5) is 0 Å². The van der Waals surface area contributed by atoms with Crippen LogP contribution in [0.1, 0.15) is 26.0 Å². The molecular formula is C19H20N4O2S. The van der Waals surface area contributed by atoms with E-state index >= 15 is 0 Å². The SMILES string of the molecule is CC[C@@H](C)Cn1c(C)c2c(=O)n(-c3nc4ccccc4s3)[nH]c2cc1=O. The van der Waals surface area contributed by atoms with Gasteiger partial charge in [-0.05, 0) is 25.0 Å². The van der Waals surface area contributed by atoms with E-state index in [2.05, 4.69) is 23.9 Å². The second-order valence-corrected chi connectivity index (χ2v) is 7.71. The molecule has 0 aliphatic heterocycles. The highest BCUT2D eigenvalue weighted by molar-refractivity contribution is 7.20. The van der Waals surface area contributed by atoms with Crippen LogP contribution in [0.3, 0.4) is 0 Å². The minimum absolute atomic E-state index is 0.0898. The van der Waals surface area contributed by atoms with E-state index in [0.29, 0.717) is 34.2 Å². The molecule has 134 valence electrons. The number of aromatic amines is 1. The van der Waals surface area contributed by atoms with Crippen LogP contribution >= 0.6 is 11.3 Å². The largest absolute Gasteiger partial charge is 0.312 e. The Kier molecular flexibility index (Phi) is 4.03. The summed E-state index contributed by atoms with van der Waals surface area (Å²) in [6.45, 7) is 6.65. The lowest BCUT2D eigenvalue weighted by atomic mass is 10.1. The zero-order valence-electron chi connectivity index (χ0n) is 14.9. The molecule has 1 atom stereocenters. The number of nitrogens with one attached hydrogen (secondary N) is 1. The van der Waals surface area contributed by atoms with Gasteiger partial charge in [-0.1, -0.05) is 43.7 Å². The van der Waals surface area contributed by atoms with Gasteiger partial charge in [-0.3, -0.25) is 14.7 Å². The van der Waals surface area contributed by atoms with Gasteiger partial charge in [0.05, 0.1) is 21.1 Å². The fraction of sp³-hybridized carbons (Fsp3) is 0.316. The van der Waals surface area contributed by atoms with Gasteiger partial charge in [-0.15, -0.1) is 0 Å². The Balaban J connectivity index is 1.93. The number of hydrogen-bond acceptors (Lipinski definition) is 4. The molecule has 3 aromatic heterocycles. The highest BCUT2D eigenvalue weighted by Gasteiger charge is 2.17. The van der Waals surface area contributed by atoms with Crippen molar-refractivity contribution < 1.29 is 0 Å². The van der Waals surface area contributed by atoms with Crippen LogP contribution in [-0.4, -0.2) is 19.3 Å². The summed E-state index contributed by atoms with van der Waals surface area (Å²) in [5.41, 5.74) is 1.85. The van der Waals surface area contributed by atoms with Gasteiger partial charge in [0.1, 0.15) is 0 Å². The first-order valence-corrected chi connectivity index (χ1v) is 9.52. The third-order valence-corrected chi connectivity index (χ3v) is 5.91. The average Bonchev–Trinajstić information content (AvgIpc) is 3.19. The summed E-state index contributed by atoms with van der Waals surface area (Å²) in [5, 5.41) is 4.18. The Bertz CT molecular complexity index is 1200. The van der Waals surface area contributed by atoms with Crippen molar-refractivity contribution in [1.82, 2.24) is 19.3 Å². The molecule has 0 aliphatic carbocycles. The monoisotopic (exact) mass is 368 g/mol. The second kappa shape index (κ2) is 6.25. The molecule has 0 amide bonds. The molecule has 0 unspecified atom stereocenters. The van der Waals surface area contributed by atoms with Crippen molar-refractivity contribution in [2.24, 2.45) is 5.92 Å². The topological polar surface area (TPSA) is 72.7 Å². The molecule has 7 heteroatoms. The first-order chi connectivity index (χ1) is 12.5. The second-order valence-electron chi connectivity index (χ2n) is 6.70. The fourth-order valence-corrected chi connectivity index (χ4v) is 4.09. The smallest absolute Gasteiger partial charge is 0.282 e. The Morgan fingerprint density at radius 1 is 1.27 bits per heavy atom. The lowest BCUT2D eigenvalue weighted by Gasteiger charge is -2.14. The number of nitrogens with zero attached hydrogens (tertiary/aromatic N) is 3. The first-order valence-electron chi connectivity index (χ1n) is 8.70. The normalized spacial score (nSPS) is 12.9. The molecule has 1 N–H and O–H groups in total. The van der Waals surface area contributed by atoms with Crippen LogP contribution in [0.15, 0.2) is 39.9 Å². The maximum atomic E-state index is 13.0. The van der Waals surface area contributed by atoms with E-state index in [1.165, 1.54) is 22.1 Å². The van der Waals surface area contributed by atoms with Crippen molar-refractivity contribution in [2.45, 2.75) is 33.7 Å². The zero-order chi connectivity index (χ0) is 18.4. The molecule has 0 fully saturated rings. The van der Waals surface area contributed by atoms with Crippen molar-refractivity contribution in [3.05, 3.63) is 56.7 Å². The lowest BCUT2D eigenvalue weighted by Crippen LogP contribution is -2.25. The minimum Gasteiger partial charge on any atom is -0.312 e. The molecule has 0 spiro atoms. The minimum atomic E-state index is -0.172. The lowest BCUT2D eigenvalue weighted by molar-refractivity contribution is 0.455. The number of para-hydroxylation sites is 1. The zero-order valence-corrected chi connectivity index (χ0v) is 15.8. The Morgan fingerprint density at radius 3 is 2.77 bits per heavy atom. The molecule has 0 aliphatic rings. The summed E-state index contributed by atoms with van der Waals surface area (Å²) >= 11 is 1.44. The third-order valence-electron chi connectivity index (χ3n) is 4.88. The molecular weight excluding hydrogens is 348 g/mol. The van der Waals surface area contributed by atoms with Crippen molar-refractivity contribution in [3.63, 3.8) is 0 Å². The number of hydrogen-bond donors (Lipinski definition) is 1. The predicted octanol–water partition coefficient (Wildman–Crippen LogP) is 3.44. The molecule has 1 aromatic carbocycles. The Hall–Kier alpha value is -2.67. The first kappa shape index (κ1) is 16.8. The molecule has 0 saturated heterocycles. The highest BCUT2D eigenvalue weighted by atomic mass is 32.1. The van der Waals surface area contributed by atoms with Gasteiger partial charge in [-0.25, -0.2) is 4.98 Å². The van der Waals surface area contributed by atoms with Gasteiger partial charge in [-0.2, -0.15) is 4.68 Å². The molecule has 0 saturated carbocycles. The molecule has 3 heterocycles. The van der Waals surface area contributed by atoms with Gasteiger partial charge < -0.3 is 4.57 Å². The maximum Gasteiger partial charge on any atom is 0.282 e. The number of pyridine rings is 1. The standard InChI is InChI=1S/C19H20N4O2S/c1-4-11(2)10-22-12(3)17-14(9-16(22)24)21-23(18(17)25)19-20-13-7-5-6-8-15(13)26-19/h5-9,11,21H,4,10H2,1-3H3/t11-/m1/s1. The Labute approximate surface area is 153 Å². The quantitative estimate of drug-likeness (QED) is 0.600. The van der Waals surface area contributed by atoms with E-state index in [4.69, 9.17) is 0 Å². The van der Waals surface area contributed by atoms with Gasteiger partial charge in [0.15, 0.2) is 0 Å². The number of benzene rings is 1. The molecule has 6 nitrogen and oxygen atoms in total. The number of aromatic nitrogens is 4. The number of aryl methyl sites for hydroxylation is 1. The van der Waals surface area contributed by atoms with E-state index in [9.17, 15) is 9.59 Å². The summed E-state index contributed by atoms with van der Waals surface area (Å²) in [7, 11) is 0. The Morgan fingerprint density at radius 2 is 2.04 bits per heavy atom. The van der Waals surface area contributed by atoms with E-state index in [1.807, 2.05) is 31.2 Å². The van der Waals surface area contributed by atoms with Gasteiger partial charge in [0.2, 0.25) is 5.13 Å². The third kappa shape index (κ3) is 2.59. The van der Waals surface area contributed by atoms with Crippen molar-refractivity contribution >= 4 is 32.5 Å². The van der Waals surface area contributed by atoms with E-state index in [1.54, 1.807) is 4.57 Å². The van der Waals surface area contributed by atoms with Crippen LogP contribution in [0.2, 0.25) is 0 Å². The van der Waals surface area contributed by atoms with E-state index in [0.717, 1.165) is 16.6 Å². The van der Waals surface area contributed by atoms with Gasteiger partial charge in [0, 0.05) is 18.3 Å². The van der Waals surface area contributed by atoms with Crippen molar-refractivity contribution in [1.29, 1.82) is 0 Å². The van der Waals surface area contributed by atoms with Crippen molar-refractivity contribution in [2.75, 3.05) is 0 Å². The summed E-state index contributed by atoms with van der Waals surface area (Å²) in [6, 6.07) is 9.28. The molecule has 4 rings (SSSR count). The van der Waals surface area contributed by atoms with E-state index < -0.39 is 0 Å². The van der Waals surface area contributed by atoms with Crippen LogP contribution in [-0.2, 0) is 6.54 Å². The summed E-state index contributed by atoms with van der Waals surface area (Å²) in [4.78, 5) is 30.1. The van der Waals surface area contributed by atoms with E-state index in [-0.39, 0.29) is 11.1 Å². The van der Waals surface area contributed by atoms with Gasteiger partial charge in [0.25, 0.3) is 11.1 Å². The van der Waals surface area contributed by atoms with Crippen LogP contribution in [0, 0.1) is 12.8 Å². The number of fused-ring (bicyclic) bond motifs is 2. The number of rotatable bonds is 4. The van der Waals surface area contributed by atoms with Crippen molar-refractivity contribution in [3.8, 4) is 5.13 Å². The molecule has 4 aromatic rings. The van der Waals surface area contributed by atoms with Crippen LogP contribution < -0.4 is 11.1 Å². The summed E-state index contributed by atoms with van der Waals surface area (Å²) < 4.78 is 4.16. The average molecular weight is 368 g/mol. The number of thiazole rings is 1. The van der Waals surface area contributed by atoms with Gasteiger partial charge >= 0.3 is 0 Å². The number of H-pyrrole nitrogens is 1.